The first-order valence-electron chi connectivity index (χ1n) is 5.20. The molecule has 0 bridgehead atoms. The van der Waals surface area contributed by atoms with Crippen LogP contribution in [0, 0.1) is 5.41 Å². The van der Waals surface area contributed by atoms with Gasteiger partial charge >= 0.3 is 0 Å². The Balaban J connectivity index is 1.56. The fourth-order valence-corrected chi connectivity index (χ4v) is 3.58. The van der Waals surface area contributed by atoms with Gasteiger partial charge in [0.05, 0.1) is 0 Å². The topological polar surface area (TPSA) is 3.24 Å². The van der Waals surface area contributed by atoms with Crippen molar-refractivity contribution in [1.29, 1.82) is 0 Å². The average Bonchev–Trinajstić information content (AvgIpc) is 2.09. The smallest absolute Gasteiger partial charge is 0.0234 e. The van der Waals surface area contributed by atoms with Gasteiger partial charge in [-0.3, -0.25) is 4.90 Å². The Morgan fingerprint density at radius 3 is 2.43 bits per heavy atom. The molecular weight excluding hydrogens is 190 g/mol. The summed E-state index contributed by atoms with van der Waals surface area (Å²) in [4.78, 5) is 2.56. The van der Waals surface area contributed by atoms with E-state index in [2.05, 4.69) is 47.0 Å². The maximum absolute atomic E-state index is 2.56. The van der Waals surface area contributed by atoms with Gasteiger partial charge in [-0.1, -0.05) is 30.3 Å². The molecule has 0 unspecified atom stereocenters. The van der Waals surface area contributed by atoms with Crippen molar-refractivity contribution in [2.24, 2.45) is 5.41 Å². The van der Waals surface area contributed by atoms with E-state index in [1.807, 2.05) is 0 Å². The zero-order valence-electron chi connectivity index (χ0n) is 8.28. The zero-order valence-corrected chi connectivity index (χ0v) is 9.09. The van der Waals surface area contributed by atoms with Crippen molar-refractivity contribution in [2.75, 3.05) is 24.6 Å². The number of benzene rings is 1. The van der Waals surface area contributed by atoms with Crippen LogP contribution in [0.5, 0.6) is 0 Å². The summed E-state index contributed by atoms with van der Waals surface area (Å²) in [5.41, 5.74) is 2.19. The van der Waals surface area contributed by atoms with Crippen molar-refractivity contribution in [1.82, 2.24) is 4.90 Å². The van der Waals surface area contributed by atoms with Gasteiger partial charge in [-0.15, -0.1) is 0 Å². The third-order valence-corrected chi connectivity index (χ3v) is 4.82. The van der Waals surface area contributed by atoms with E-state index in [4.69, 9.17) is 0 Å². The van der Waals surface area contributed by atoms with E-state index in [-0.39, 0.29) is 0 Å². The molecule has 1 spiro atoms. The molecule has 0 aromatic heterocycles. The standard InChI is InChI=1S/C12H15NS/c1-2-4-11(5-3-1)6-13-7-12(8-13)9-14-10-12/h1-5H,6-10H2. The lowest BCUT2D eigenvalue weighted by atomic mass is 9.82. The van der Waals surface area contributed by atoms with E-state index in [0.717, 1.165) is 12.0 Å². The predicted molar refractivity (Wildman–Crippen MR) is 61.5 cm³/mol. The molecule has 2 heteroatoms. The first-order valence-corrected chi connectivity index (χ1v) is 6.36. The van der Waals surface area contributed by atoms with Crippen LogP contribution >= 0.6 is 11.8 Å². The molecule has 0 atom stereocenters. The Morgan fingerprint density at radius 1 is 1.14 bits per heavy atom. The van der Waals surface area contributed by atoms with E-state index in [1.165, 1.54) is 30.2 Å². The van der Waals surface area contributed by atoms with Crippen molar-refractivity contribution in [3.8, 4) is 0 Å². The predicted octanol–water partition coefficient (Wildman–Crippen LogP) is 2.24. The highest BCUT2D eigenvalue weighted by Gasteiger charge is 2.47. The van der Waals surface area contributed by atoms with Gasteiger partial charge in [0.25, 0.3) is 0 Å². The second-order valence-corrected chi connectivity index (χ2v) is 5.61. The molecule has 1 aromatic carbocycles. The number of hydrogen-bond acceptors (Lipinski definition) is 2. The maximum atomic E-state index is 2.56. The lowest BCUT2D eigenvalue weighted by Gasteiger charge is -2.55. The Bertz CT molecular complexity index is 310. The molecule has 2 aliphatic rings. The summed E-state index contributed by atoms with van der Waals surface area (Å²) in [6.07, 6.45) is 0. The second kappa shape index (κ2) is 3.28. The van der Waals surface area contributed by atoms with Gasteiger partial charge < -0.3 is 0 Å². The quantitative estimate of drug-likeness (QED) is 0.728. The van der Waals surface area contributed by atoms with Crippen molar-refractivity contribution in [3.05, 3.63) is 35.9 Å². The van der Waals surface area contributed by atoms with Gasteiger partial charge in [0.1, 0.15) is 0 Å². The highest BCUT2D eigenvalue weighted by atomic mass is 32.2. The summed E-state index contributed by atoms with van der Waals surface area (Å²) >= 11 is 2.10. The number of rotatable bonds is 2. The van der Waals surface area contributed by atoms with Crippen molar-refractivity contribution in [3.63, 3.8) is 0 Å². The summed E-state index contributed by atoms with van der Waals surface area (Å²) in [6.45, 7) is 3.80. The molecule has 3 rings (SSSR count). The second-order valence-electron chi connectivity index (χ2n) is 4.62. The van der Waals surface area contributed by atoms with Crippen LogP contribution in [0.15, 0.2) is 30.3 Å². The molecule has 0 aliphatic carbocycles. The van der Waals surface area contributed by atoms with Crippen molar-refractivity contribution in [2.45, 2.75) is 6.54 Å². The van der Waals surface area contributed by atoms with Gasteiger partial charge in [-0.05, 0) is 5.56 Å². The number of thioether (sulfide) groups is 1. The SMILES string of the molecule is c1ccc(CN2CC3(CSC3)C2)cc1. The molecule has 0 saturated carbocycles. The highest BCUT2D eigenvalue weighted by molar-refractivity contribution is 8.00. The minimum absolute atomic E-state index is 0.736. The lowest BCUT2D eigenvalue weighted by Crippen LogP contribution is -2.62. The maximum Gasteiger partial charge on any atom is 0.0234 e. The van der Waals surface area contributed by atoms with Gasteiger partial charge in [0, 0.05) is 36.6 Å². The van der Waals surface area contributed by atoms with E-state index in [1.54, 1.807) is 0 Å². The number of hydrogen-bond donors (Lipinski definition) is 0. The molecule has 74 valence electrons. The summed E-state index contributed by atoms with van der Waals surface area (Å²) in [5, 5.41) is 0. The largest absolute Gasteiger partial charge is 0.298 e. The molecule has 0 radical (unpaired) electrons. The van der Waals surface area contributed by atoms with Crippen LogP contribution in [0.3, 0.4) is 0 Å². The fourth-order valence-electron chi connectivity index (χ4n) is 2.43. The molecular formula is C12H15NS. The Hall–Kier alpha value is -0.470. The van der Waals surface area contributed by atoms with Crippen LogP contribution in [0.25, 0.3) is 0 Å². The Morgan fingerprint density at radius 2 is 1.86 bits per heavy atom. The third kappa shape index (κ3) is 1.47. The van der Waals surface area contributed by atoms with Crippen molar-refractivity contribution < 1.29 is 0 Å². The Labute approximate surface area is 89.5 Å². The third-order valence-electron chi connectivity index (χ3n) is 3.18. The minimum atomic E-state index is 0.736. The molecule has 1 aromatic rings. The first kappa shape index (κ1) is 8.81. The molecule has 0 amide bonds. The number of nitrogens with zero attached hydrogens (tertiary/aromatic N) is 1. The van der Waals surface area contributed by atoms with Gasteiger partial charge in [0.2, 0.25) is 0 Å². The lowest BCUT2D eigenvalue weighted by molar-refractivity contribution is 0.0232. The van der Waals surface area contributed by atoms with Gasteiger partial charge in [0.15, 0.2) is 0 Å². The summed E-state index contributed by atoms with van der Waals surface area (Å²) in [7, 11) is 0. The monoisotopic (exact) mass is 205 g/mol. The number of likely N-dealkylation sites (tertiary alicyclic amines) is 1. The van der Waals surface area contributed by atoms with Crippen LogP contribution in [-0.4, -0.2) is 29.5 Å². The normalized spacial score (nSPS) is 24.3. The first-order chi connectivity index (χ1) is 6.86. The average molecular weight is 205 g/mol. The molecule has 2 fully saturated rings. The molecule has 0 N–H and O–H groups in total. The van der Waals surface area contributed by atoms with Crippen LogP contribution in [0.4, 0.5) is 0 Å². The molecule has 2 saturated heterocycles. The van der Waals surface area contributed by atoms with Crippen LogP contribution in [-0.2, 0) is 6.54 Å². The van der Waals surface area contributed by atoms with E-state index < -0.39 is 0 Å². The van der Waals surface area contributed by atoms with Crippen LogP contribution < -0.4 is 0 Å². The molecule has 2 aliphatic heterocycles. The van der Waals surface area contributed by atoms with Gasteiger partial charge in [-0.25, -0.2) is 0 Å². The van der Waals surface area contributed by atoms with Gasteiger partial charge in [-0.2, -0.15) is 11.8 Å². The highest BCUT2D eigenvalue weighted by Crippen LogP contribution is 2.45. The van der Waals surface area contributed by atoms with E-state index >= 15 is 0 Å². The fraction of sp³-hybridized carbons (Fsp3) is 0.500. The molecule has 14 heavy (non-hydrogen) atoms. The molecule has 1 nitrogen and oxygen atoms in total. The zero-order chi connectivity index (χ0) is 9.43. The summed E-state index contributed by atoms with van der Waals surface area (Å²) in [5.74, 6) is 2.80. The Kier molecular flexibility index (Phi) is 2.06. The van der Waals surface area contributed by atoms with Crippen molar-refractivity contribution >= 4 is 11.8 Å². The molecule has 2 heterocycles. The minimum Gasteiger partial charge on any atom is -0.298 e. The van der Waals surface area contributed by atoms with Crippen LogP contribution in [0.1, 0.15) is 5.56 Å². The summed E-state index contributed by atoms with van der Waals surface area (Å²) < 4.78 is 0. The van der Waals surface area contributed by atoms with E-state index in [0.29, 0.717) is 0 Å². The summed E-state index contributed by atoms with van der Waals surface area (Å²) in [6, 6.07) is 10.8. The van der Waals surface area contributed by atoms with E-state index in [9.17, 15) is 0 Å². The van der Waals surface area contributed by atoms with Crippen LogP contribution in [0.2, 0.25) is 0 Å².